The van der Waals surface area contributed by atoms with Crippen molar-refractivity contribution in [3.8, 4) is 11.5 Å². The lowest BCUT2D eigenvalue weighted by Gasteiger charge is -2.11. The predicted molar refractivity (Wildman–Crippen MR) is 147 cm³/mol. The van der Waals surface area contributed by atoms with Gasteiger partial charge in [-0.05, 0) is 48.5 Å². The van der Waals surface area contributed by atoms with Gasteiger partial charge in [0, 0.05) is 22.3 Å². The van der Waals surface area contributed by atoms with Crippen molar-refractivity contribution in [2.75, 3.05) is 13.2 Å². The first-order chi connectivity index (χ1) is 18.7. The normalized spacial score (nSPS) is 10.8. The highest BCUT2D eigenvalue weighted by molar-refractivity contribution is 5.95. The molecule has 0 unspecified atom stereocenters. The molecule has 8 nitrogen and oxygen atoms in total. The molecule has 0 aliphatic carbocycles. The van der Waals surface area contributed by atoms with Crippen molar-refractivity contribution in [1.29, 1.82) is 0 Å². The summed E-state index contributed by atoms with van der Waals surface area (Å²) >= 11 is 0. The van der Waals surface area contributed by atoms with E-state index in [9.17, 15) is 9.59 Å². The average molecular weight is 507 g/mol. The largest absolute Gasteiger partial charge is 0.489 e. The van der Waals surface area contributed by atoms with Crippen LogP contribution in [0.3, 0.4) is 0 Å². The molecule has 0 fully saturated rings. The van der Waals surface area contributed by atoms with Crippen molar-refractivity contribution in [1.82, 2.24) is 10.9 Å². The van der Waals surface area contributed by atoms with Gasteiger partial charge in [-0.25, -0.2) is 10.9 Å². The maximum absolute atomic E-state index is 12.2. The zero-order chi connectivity index (χ0) is 26.4. The van der Waals surface area contributed by atoms with Crippen molar-refractivity contribution in [3.05, 3.63) is 131 Å². The Labute approximate surface area is 220 Å². The van der Waals surface area contributed by atoms with Gasteiger partial charge in [-0.15, -0.1) is 0 Å². The number of ether oxygens (including phenoxy) is 2. The molecule has 0 bridgehead atoms. The Morgan fingerprint density at radius 1 is 0.553 bits per heavy atom. The lowest BCUT2D eigenvalue weighted by molar-refractivity contribution is 0.0947. The lowest BCUT2D eigenvalue weighted by Crippen LogP contribution is -2.17. The minimum Gasteiger partial charge on any atom is -0.489 e. The number of hydrazone groups is 2. The number of benzene rings is 4. The number of nitrogens with one attached hydrogen (secondary N) is 2. The van der Waals surface area contributed by atoms with Crippen LogP contribution in [0.25, 0.3) is 0 Å². The summed E-state index contributed by atoms with van der Waals surface area (Å²) in [4.78, 5) is 24.3. The molecule has 4 rings (SSSR count). The summed E-state index contributed by atoms with van der Waals surface area (Å²) in [6.45, 7) is 0.550. The quantitative estimate of drug-likeness (QED) is 0.175. The van der Waals surface area contributed by atoms with Gasteiger partial charge in [-0.3, -0.25) is 9.59 Å². The minimum absolute atomic E-state index is 0.275. The van der Waals surface area contributed by atoms with E-state index in [1.54, 1.807) is 48.5 Å². The van der Waals surface area contributed by atoms with Crippen LogP contribution in [0.1, 0.15) is 31.8 Å². The summed E-state index contributed by atoms with van der Waals surface area (Å²) in [5, 5.41) is 8.09. The van der Waals surface area contributed by atoms with E-state index in [0.717, 1.165) is 0 Å². The first-order valence-corrected chi connectivity index (χ1v) is 11.9. The average Bonchev–Trinajstić information content (AvgIpc) is 2.97. The third-order valence-corrected chi connectivity index (χ3v) is 5.25. The van der Waals surface area contributed by atoms with E-state index in [1.807, 2.05) is 60.7 Å². The molecule has 0 saturated carbocycles. The fraction of sp³-hybridized carbons (Fsp3) is 0.0667. The Morgan fingerprint density at radius 3 is 1.34 bits per heavy atom. The van der Waals surface area contributed by atoms with Gasteiger partial charge in [0.2, 0.25) is 0 Å². The molecule has 190 valence electrons. The third kappa shape index (κ3) is 7.63. The van der Waals surface area contributed by atoms with Gasteiger partial charge in [0.15, 0.2) is 0 Å². The Kier molecular flexibility index (Phi) is 9.35. The first-order valence-electron chi connectivity index (χ1n) is 11.9. The fourth-order valence-electron chi connectivity index (χ4n) is 3.37. The molecule has 8 heteroatoms. The second kappa shape index (κ2) is 13.7. The van der Waals surface area contributed by atoms with Crippen LogP contribution in [0.5, 0.6) is 11.5 Å². The zero-order valence-electron chi connectivity index (χ0n) is 20.5. The summed E-state index contributed by atoms with van der Waals surface area (Å²) in [5.74, 6) is 0.616. The SMILES string of the molecule is O=C(NN=Cc1ccccc1OCCOc1ccccc1C=NNC(=O)c1ccccc1)c1ccccc1. The van der Waals surface area contributed by atoms with E-state index in [1.165, 1.54) is 12.4 Å². The molecule has 0 aliphatic rings. The van der Waals surface area contributed by atoms with Gasteiger partial charge < -0.3 is 9.47 Å². The van der Waals surface area contributed by atoms with Gasteiger partial charge in [0.05, 0.1) is 12.4 Å². The van der Waals surface area contributed by atoms with Crippen molar-refractivity contribution >= 4 is 24.2 Å². The first kappa shape index (κ1) is 25.8. The van der Waals surface area contributed by atoms with Crippen LogP contribution in [0.2, 0.25) is 0 Å². The van der Waals surface area contributed by atoms with E-state index >= 15 is 0 Å². The van der Waals surface area contributed by atoms with Crippen LogP contribution in [-0.4, -0.2) is 37.5 Å². The highest BCUT2D eigenvalue weighted by atomic mass is 16.5. The molecule has 0 atom stereocenters. The van der Waals surface area contributed by atoms with Gasteiger partial charge >= 0.3 is 0 Å². The van der Waals surface area contributed by atoms with Gasteiger partial charge in [-0.2, -0.15) is 10.2 Å². The summed E-state index contributed by atoms with van der Waals surface area (Å²) < 4.78 is 11.8. The third-order valence-electron chi connectivity index (χ3n) is 5.25. The second-order valence-corrected chi connectivity index (χ2v) is 7.90. The van der Waals surface area contributed by atoms with Crippen LogP contribution >= 0.6 is 0 Å². The fourth-order valence-corrected chi connectivity index (χ4v) is 3.37. The van der Waals surface area contributed by atoms with Crippen LogP contribution in [0.15, 0.2) is 119 Å². The predicted octanol–water partition coefficient (Wildman–Crippen LogP) is 4.67. The number of hydrogen-bond acceptors (Lipinski definition) is 6. The van der Waals surface area contributed by atoms with E-state index in [2.05, 4.69) is 21.1 Å². The molecule has 0 radical (unpaired) electrons. The molecule has 2 amide bonds. The Hall–Kier alpha value is -5.24. The molecule has 0 heterocycles. The molecule has 4 aromatic rings. The molecular weight excluding hydrogens is 480 g/mol. The Balaban J connectivity index is 1.27. The lowest BCUT2D eigenvalue weighted by atomic mass is 10.2. The molecule has 0 spiro atoms. The van der Waals surface area contributed by atoms with Crippen LogP contribution in [0.4, 0.5) is 0 Å². The number of para-hydroxylation sites is 2. The van der Waals surface area contributed by atoms with E-state index in [4.69, 9.17) is 9.47 Å². The van der Waals surface area contributed by atoms with Crippen LogP contribution in [-0.2, 0) is 0 Å². The van der Waals surface area contributed by atoms with E-state index in [-0.39, 0.29) is 25.0 Å². The number of rotatable bonds is 11. The van der Waals surface area contributed by atoms with Crippen molar-refractivity contribution in [2.24, 2.45) is 10.2 Å². The van der Waals surface area contributed by atoms with E-state index in [0.29, 0.717) is 33.8 Å². The zero-order valence-corrected chi connectivity index (χ0v) is 20.5. The Bertz CT molecular complexity index is 1300. The van der Waals surface area contributed by atoms with Crippen LogP contribution in [0, 0.1) is 0 Å². The Morgan fingerprint density at radius 2 is 0.921 bits per heavy atom. The standard InChI is InChI=1S/C30H26N4O4/c35-29(23-11-3-1-4-12-23)33-31-21-25-15-7-9-17-27(25)37-19-20-38-28-18-10-8-16-26(28)22-32-34-30(36)24-13-5-2-6-14-24/h1-18,21-22H,19-20H2,(H,33,35)(H,34,36). The number of carbonyl (C=O) groups is 2. The minimum atomic E-state index is -0.296. The maximum Gasteiger partial charge on any atom is 0.271 e. The summed E-state index contributed by atoms with van der Waals surface area (Å²) in [5.41, 5.74) is 7.50. The monoisotopic (exact) mass is 506 g/mol. The summed E-state index contributed by atoms with van der Waals surface area (Å²) in [6, 6.07) is 32.4. The number of amides is 2. The number of nitrogens with zero attached hydrogens (tertiary/aromatic N) is 2. The number of hydrogen-bond donors (Lipinski definition) is 2. The molecule has 38 heavy (non-hydrogen) atoms. The molecule has 0 saturated heterocycles. The highest BCUT2D eigenvalue weighted by Crippen LogP contribution is 2.18. The van der Waals surface area contributed by atoms with E-state index < -0.39 is 0 Å². The smallest absolute Gasteiger partial charge is 0.271 e. The molecular formula is C30H26N4O4. The molecule has 4 aromatic carbocycles. The van der Waals surface area contributed by atoms with Gasteiger partial charge in [-0.1, -0.05) is 60.7 Å². The number of carbonyl (C=O) groups excluding carboxylic acids is 2. The highest BCUT2D eigenvalue weighted by Gasteiger charge is 2.06. The van der Waals surface area contributed by atoms with Crippen molar-refractivity contribution in [2.45, 2.75) is 0 Å². The maximum atomic E-state index is 12.2. The van der Waals surface area contributed by atoms with Crippen LogP contribution < -0.4 is 20.3 Å². The van der Waals surface area contributed by atoms with Crippen molar-refractivity contribution in [3.63, 3.8) is 0 Å². The second-order valence-electron chi connectivity index (χ2n) is 7.90. The molecule has 0 aromatic heterocycles. The van der Waals surface area contributed by atoms with Crippen molar-refractivity contribution < 1.29 is 19.1 Å². The topological polar surface area (TPSA) is 101 Å². The van der Waals surface area contributed by atoms with Gasteiger partial charge in [0.25, 0.3) is 11.8 Å². The molecule has 0 aliphatic heterocycles. The van der Waals surface area contributed by atoms with Gasteiger partial charge in [0.1, 0.15) is 24.7 Å². The summed E-state index contributed by atoms with van der Waals surface area (Å²) in [6.07, 6.45) is 3.07. The molecule has 2 N–H and O–H groups in total. The summed E-state index contributed by atoms with van der Waals surface area (Å²) in [7, 11) is 0.